The van der Waals surface area contributed by atoms with Crippen LogP contribution in [0.25, 0.3) is 0 Å². The Labute approximate surface area is 129 Å². The average molecular weight is 308 g/mol. The lowest BCUT2D eigenvalue weighted by atomic mass is 10.1. The van der Waals surface area contributed by atoms with Crippen molar-refractivity contribution in [3.63, 3.8) is 0 Å². The van der Waals surface area contributed by atoms with E-state index in [0.717, 1.165) is 32.1 Å². The Hall–Kier alpha value is -0.240. The van der Waals surface area contributed by atoms with Gasteiger partial charge in [-0.2, -0.15) is 0 Å². The average Bonchev–Trinajstić information content (AvgIpc) is 2.55. The van der Waals surface area contributed by atoms with E-state index >= 15 is 0 Å². The van der Waals surface area contributed by atoms with E-state index in [2.05, 4.69) is 0 Å². The summed E-state index contributed by atoms with van der Waals surface area (Å²) >= 11 is 0. The van der Waals surface area contributed by atoms with Gasteiger partial charge < -0.3 is 28.4 Å². The first kappa shape index (κ1) is 20.8. The van der Waals surface area contributed by atoms with Crippen LogP contribution in [0.2, 0.25) is 0 Å². The predicted octanol–water partition coefficient (Wildman–Crippen LogP) is 2.90. The van der Waals surface area contributed by atoms with Gasteiger partial charge in [-0.1, -0.05) is 19.3 Å². The van der Waals surface area contributed by atoms with Crippen molar-refractivity contribution in [2.75, 3.05) is 42.7 Å². The maximum Gasteiger partial charge on any atom is 0.282 e. The molecule has 0 aliphatic carbocycles. The van der Waals surface area contributed by atoms with Crippen molar-refractivity contribution in [2.24, 2.45) is 0 Å². The number of methoxy groups -OCH3 is 6. The third kappa shape index (κ3) is 7.04. The molecular formula is C15H32O6. The topological polar surface area (TPSA) is 55.4 Å². The van der Waals surface area contributed by atoms with E-state index in [1.807, 2.05) is 0 Å². The van der Waals surface area contributed by atoms with Crippen molar-refractivity contribution < 1.29 is 28.4 Å². The second-order valence-electron chi connectivity index (χ2n) is 4.86. The Kier molecular flexibility index (Phi) is 11.2. The van der Waals surface area contributed by atoms with Crippen molar-refractivity contribution in [3.8, 4) is 0 Å². The first-order chi connectivity index (χ1) is 10.1. The summed E-state index contributed by atoms with van der Waals surface area (Å²) in [4.78, 5) is 0. The Morgan fingerprint density at radius 1 is 0.429 bits per heavy atom. The molecule has 0 aliphatic rings. The van der Waals surface area contributed by atoms with Crippen molar-refractivity contribution in [2.45, 2.75) is 56.9 Å². The van der Waals surface area contributed by atoms with Gasteiger partial charge in [0.05, 0.1) is 0 Å². The first-order valence-electron chi connectivity index (χ1n) is 7.38. The van der Waals surface area contributed by atoms with Crippen LogP contribution in [0.5, 0.6) is 0 Å². The molecule has 0 aromatic carbocycles. The summed E-state index contributed by atoms with van der Waals surface area (Å²) in [6.45, 7) is 0. The maximum atomic E-state index is 5.26. The van der Waals surface area contributed by atoms with Crippen LogP contribution in [-0.2, 0) is 28.4 Å². The van der Waals surface area contributed by atoms with Gasteiger partial charge in [0.1, 0.15) is 0 Å². The quantitative estimate of drug-likeness (QED) is 0.363. The lowest BCUT2D eigenvalue weighted by molar-refractivity contribution is -0.355. The van der Waals surface area contributed by atoms with Crippen LogP contribution in [0.1, 0.15) is 44.9 Å². The number of hydrogen-bond donors (Lipinski definition) is 0. The normalized spacial score (nSPS) is 12.9. The van der Waals surface area contributed by atoms with Crippen LogP contribution in [0.15, 0.2) is 0 Å². The number of unbranched alkanes of at least 4 members (excludes halogenated alkanes) is 4. The van der Waals surface area contributed by atoms with E-state index in [1.165, 1.54) is 0 Å². The van der Waals surface area contributed by atoms with Crippen molar-refractivity contribution in [1.29, 1.82) is 0 Å². The third-order valence-corrected chi connectivity index (χ3v) is 3.83. The molecular weight excluding hydrogens is 276 g/mol. The molecule has 0 aromatic heterocycles. The van der Waals surface area contributed by atoms with Gasteiger partial charge in [0.2, 0.25) is 0 Å². The molecule has 0 amide bonds. The van der Waals surface area contributed by atoms with E-state index in [9.17, 15) is 0 Å². The monoisotopic (exact) mass is 308 g/mol. The number of ether oxygens (including phenoxy) is 6. The fraction of sp³-hybridized carbons (Fsp3) is 1.00. The van der Waals surface area contributed by atoms with Gasteiger partial charge in [0.15, 0.2) is 0 Å². The standard InChI is InChI=1S/C15H32O6/c1-16-14(17-2,18-3)12-10-8-7-9-11-13-15(19-4,20-5)21-6/h7-13H2,1-6H3. The maximum absolute atomic E-state index is 5.26. The fourth-order valence-corrected chi connectivity index (χ4v) is 2.33. The Morgan fingerprint density at radius 2 is 0.667 bits per heavy atom. The van der Waals surface area contributed by atoms with Crippen LogP contribution in [0.4, 0.5) is 0 Å². The molecule has 0 saturated heterocycles. The highest BCUT2D eigenvalue weighted by Gasteiger charge is 2.29. The van der Waals surface area contributed by atoms with E-state index in [0.29, 0.717) is 12.8 Å². The minimum Gasteiger partial charge on any atom is -0.331 e. The zero-order chi connectivity index (χ0) is 16.2. The molecule has 0 atom stereocenters. The third-order valence-electron chi connectivity index (χ3n) is 3.83. The summed E-state index contributed by atoms with van der Waals surface area (Å²) in [6, 6.07) is 0. The molecule has 0 aliphatic heterocycles. The summed E-state index contributed by atoms with van der Waals surface area (Å²) in [7, 11) is 9.54. The zero-order valence-electron chi connectivity index (χ0n) is 14.4. The second-order valence-corrected chi connectivity index (χ2v) is 4.86. The molecule has 0 bridgehead atoms. The summed E-state index contributed by atoms with van der Waals surface area (Å²) in [5, 5.41) is 0. The summed E-state index contributed by atoms with van der Waals surface area (Å²) in [5.41, 5.74) is 0. The van der Waals surface area contributed by atoms with Gasteiger partial charge in [-0.25, -0.2) is 0 Å². The molecule has 0 radical (unpaired) electrons. The van der Waals surface area contributed by atoms with E-state index in [1.54, 1.807) is 42.7 Å². The molecule has 0 rings (SSSR count). The predicted molar refractivity (Wildman–Crippen MR) is 79.8 cm³/mol. The summed E-state index contributed by atoms with van der Waals surface area (Å²) < 4.78 is 31.5. The minimum absolute atomic E-state index is 0.717. The van der Waals surface area contributed by atoms with Gasteiger partial charge in [0.25, 0.3) is 11.9 Å². The van der Waals surface area contributed by atoms with Gasteiger partial charge >= 0.3 is 0 Å². The van der Waals surface area contributed by atoms with Gasteiger partial charge in [-0.05, 0) is 12.8 Å². The molecule has 0 N–H and O–H groups in total. The summed E-state index contributed by atoms with van der Waals surface area (Å²) in [5.74, 6) is -1.81. The molecule has 0 fully saturated rings. The molecule has 0 spiro atoms. The van der Waals surface area contributed by atoms with Crippen LogP contribution in [0, 0.1) is 0 Å². The highest BCUT2D eigenvalue weighted by atomic mass is 16.9. The van der Waals surface area contributed by atoms with Crippen LogP contribution < -0.4 is 0 Å². The molecule has 0 heterocycles. The van der Waals surface area contributed by atoms with Gasteiger partial charge in [0, 0.05) is 55.5 Å². The zero-order valence-corrected chi connectivity index (χ0v) is 14.4. The Balaban J connectivity index is 3.78. The molecule has 0 aromatic rings. The Bertz CT molecular complexity index is 198. The SMILES string of the molecule is COC(CCCCCCCC(OC)(OC)OC)(OC)OC. The number of rotatable bonds is 14. The van der Waals surface area contributed by atoms with Crippen LogP contribution in [-0.4, -0.2) is 54.6 Å². The molecule has 6 heteroatoms. The minimum atomic E-state index is -0.905. The van der Waals surface area contributed by atoms with E-state index in [-0.39, 0.29) is 0 Å². The summed E-state index contributed by atoms with van der Waals surface area (Å²) in [6.07, 6.45) is 6.72. The van der Waals surface area contributed by atoms with Crippen molar-refractivity contribution in [3.05, 3.63) is 0 Å². The van der Waals surface area contributed by atoms with Crippen molar-refractivity contribution in [1.82, 2.24) is 0 Å². The molecule has 0 unspecified atom stereocenters. The van der Waals surface area contributed by atoms with Crippen LogP contribution in [0.3, 0.4) is 0 Å². The van der Waals surface area contributed by atoms with Crippen molar-refractivity contribution >= 4 is 0 Å². The largest absolute Gasteiger partial charge is 0.331 e. The molecule has 6 nitrogen and oxygen atoms in total. The Morgan fingerprint density at radius 3 is 0.905 bits per heavy atom. The van der Waals surface area contributed by atoms with Crippen LogP contribution >= 0.6 is 0 Å². The lowest BCUT2D eigenvalue weighted by Gasteiger charge is -2.29. The highest BCUT2D eigenvalue weighted by molar-refractivity contribution is 4.59. The highest BCUT2D eigenvalue weighted by Crippen LogP contribution is 2.23. The first-order valence-corrected chi connectivity index (χ1v) is 7.38. The molecule has 21 heavy (non-hydrogen) atoms. The van der Waals surface area contributed by atoms with E-state index in [4.69, 9.17) is 28.4 Å². The molecule has 0 saturated carbocycles. The molecule has 128 valence electrons. The fourth-order valence-electron chi connectivity index (χ4n) is 2.33. The number of hydrogen-bond acceptors (Lipinski definition) is 6. The smallest absolute Gasteiger partial charge is 0.282 e. The van der Waals surface area contributed by atoms with E-state index < -0.39 is 11.9 Å². The van der Waals surface area contributed by atoms with Gasteiger partial charge in [-0.3, -0.25) is 0 Å². The second kappa shape index (κ2) is 11.3. The van der Waals surface area contributed by atoms with Gasteiger partial charge in [-0.15, -0.1) is 0 Å². The lowest BCUT2D eigenvalue weighted by Crippen LogP contribution is -2.35.